The van der Waals surface area contributed by atoms with Gasteiger partial charge in [0.1, 0.15) is 0 Å². The summed E-state index contributed by atoms with van der Waals surface area (Å²) < 4.78 is 23.0. The number of rotatable bonds is 10. The van der Waals surface area contributed by atoms with E-state index in [1.165, 1.54) is 14.2 Å². The summed E-state index contributed by atoms with van der Waals surface area (Å²) in [6, 6.07) is 29.2. The van der Waals surface area contributed by atoms with Crippen LogP contribution in [0.5, 0.6) is 0 Å². The standard InChI is InChI=1S/C29H34O6Si/c1-28(2,3)36(24-17-11-7-12-18-24,25-19-13-8-14-20-25)35-22-29(26(30)32-4,27(31)33-5)34-21-23-15-9-6-10-16-23/h6-20H,21-22H2,1-5H3. The van der Waals surface area contributed by atoms with Crippen molar-refractivity contribution < 1.29 is 28.2 Å². The molecular weight excluding hydrogens is 472 g/mol. The van der Waals surface area contributed by atoms with Crippen molar-refractivity contribution >= 4 is 30.6 Å². The summed E-state index contributed by atoms with van der Waals surface area (Å²) in [6.07, 6.45) is 0. The van der Waals surface area contributed by atoms with Gasteiger partial charge < -0.3 is 18.6 Å². The van der Waals surface area contributed by atoms with Crippen molar-refractivity contribution in [2.24, 2.45) is 0 Å². The second-order valence-electron chi connectivity index (χ2n) is 9.54. The second-order valence-corrected chi connectivity index (χ2v) is 13.8. The summed E-state index contributed by atoms with van der Waals surface area (Å²) in [5.74, 6) is -1.74. The summed E-state index contributed by atoms with van der Waals surface area (Å²) in [6.45, 7) is 5.97. The predicted octanol–water partition coefficient (Wildman–Crippen LogP) is 3.86. The molecule has 0 aromatic heterocycles. The van der Waals surface area contributed by atoms with Gasteiger partial charge in [0.15, 0.2) is 0 Å². The number of hydrogen-bond donors (Lipinski definition) is 0. The van der Waals surface area contributed by atoms with Crippen LogP contribution in [0.15, 0.2) is 91.0 Å². The molecule has 0 aliphatic heterocycles. The lowest BCUT2D eigenvalue weighted by Crippen LogP contribution is -2.69. The Bertz CT molecular complexity index is 1070. The van der Waals surface area contributed by atoms with Crippen molar-refractivity contribution in [2.75, 3.05) is 20.8 Å². The Morgan fingerprint density at radius 1 is 0.694 bits per heavy atom. The molecule has 0 saturated carbocycles. The van der Waals surface area contributed by atoms with Crippen molar-refractivity contribution in [3.05, 3.63) is 96.6 Å². The molecule has 36 heavy (non-hydrogen) atoms. The zero-order valence-corrected chi connectivity index (χ0v) is 22.5. The molecule has 0 spiro atoms. The summed E-state index contributed by atoms with van der Waals surface area (Å²) >= 11 is 0. The Morgan fingerprint density at radius 2 is 1.11 bits per heavy atom. The molecule has 3 rings (SSSR count). The third kappa shape index (κ3) is 5.43. The van der Waals surface area contributed by atoms with E-state index in [4.69, 9.17) is 18.6 Å². The first kappa shape index (κ1) is 27.3. The molecule has 6 nitrogen and oxygen atoms in total. The van der Waals surface area contributed by atoms with Gasteiger partial charge in [0.25, 0.3) is 13.9 Å². The fraction of sp³-hybridized carbons (Fsp3) is 0.310. The number of esters is 2. The van der Waals surface area contributed by atoms with Crippen LogP contribution >= 0.6 is 0 Å². The Balaban J connectivity index is 2.13. The first-order chi connectivity index (χ1) is 17.2. The molecule has 0 fully saturated rings. The van der Waals surface area contributed by atoms with Crippen LogP contribution in [0.25, 0.3) is 0 Å². The van der Waals surface area contributed by atoms with E-state index in [1.807, 2.05) is 91.0 Å². The molecular formula is C29H34O6Si. The van der Waals surface area contributed by atoms with Crippen LogP contribution in [0.2, 0.25) is 5.04 Å². The molecule has 190 valence electrons. The number of methoxy groups -OCH3 is 2. The van der Waals surface area contributed by atoms with E-state index < -0.39 is 25.9 Å². The number of carbonyl (C=O) groups is 2. The van der Waals surface area contributed by atoms with Crippen LogP contribution in [0.4, 0.5) is 0 Å². The zero-order valence-electron chi connectivity index (χ0n) is 21.5. The summed E-state index contributed by atoms with van der Waals surface area (Å²) in [7, 11) is -0.646. The first-order valence-corrected chi connectivity index (χ1v) is 13.7. The molecule has 7 heteroatoms. The molecule has 0 aliphatic carbocycles. The van der Waals surface area contributed by atoms with Gasteiger partial charge >= 0.3 is 11.9 Å². The summed E-state index contributed by atoms with van der Waals surface area (Å²) in [5.41, 5.74) is -1.31. The Hall–Kier alpha value is -3.26. The normalized spacial score (nSPS) is 12.1. The molecule has 0 bridgehead atoms. The van der Waals surface area contributed by atoms with Crippen molar-refractivity contribution in [1.82, 2.24) is 0 Å². The van der Waals surface area contributed by atoms with Crippen LogP contribution in [0.3, 0.4) is 0 Å². The van der Waals surface area contributed by atoms with E-state index in [-0.39, 0.29) is 18.3 Å². The van der Waals surface area contributed by atoms with Gasteiger partial charge in [0, 0.05) is 0 Å². The maximum absolute atomic E-state index is 13.2. The maximum Gasteiger partial charge on any atom is 0.352 e. The quantitative estimate of drug-likeness (QED) is 0.236. The Morgan fingerprint density at radius 3 is 1.50 bits per heavy atom. The lowest BCUT2D eigenvalue weighted by Gasteiger charge is -2.44. The lowest BCUT2D eigenvalue weighted by molar-refractivity contribution is -0.194. The zero-order chi connectivity index (χ0) is 26.2. The Labute approximate surface area is 214 Å². The van der Waals surface area contributed by atoms with Gasteiger partial charge in [-0.25, -0.2) is 9.59 Å². The van der Waals surface area contributed by atoms with E-state index in [1.54, 1.807) is 0 Å². The average molecular weight is 507 g/mol. The van der Waals surface area contributed by atoms with E-state index in [0.29, 0.717) is 0 Å². The molecule has 0 amide bonds. The van der Waals surface area contributed by atoms with E-state index >= 15 is 0 Å². The average Bonchev–Trinajstić information content (AvgIpc) is 2.91. The highest BCUT2D eigenvalue weighted by Crippen LogP contribution is 2.37. The monoisotopic (exact) mass is 506 g/mol. The topological polar surface area (TPSA) is 71.1 Å². The SMILES string of the molecule is COC(=O)C(CO[Si](c1ccccc1)(c1ccccc1)C(C)(C)C)(OCc1ccccc1)C(=O)OC. The number of benzene rings is 3. The first-order valence-electron chi connectivity index (χ1n) is 11.8. The third-order valence-electron chi connectivity index (χ3n) is 6.27. The fourth-order valence-electron chi connectivity index (χ4n) is 4.44. The van der Waals surface area contributed by atoms with Gasteiger partial charge in [0.2, 0.25) is 0 Å². The van der Waals surface area contributed by atoms with Crippen LogP contribution in [-0.4, -0.2) is 46.7 Å². The highest BCUT2D eigenvalue weighted by molar-refractivity contribution is 6.99. The lowest BCUT2D eigenvalue weighted by atomic mass is 10.1. The molecule has 3 aromatic carbocycles. The second kappa shape index (κ2) is 11.6. The largest absolute Gasteiger partial charge is 0.466 e. The van der Waals surface area contributed by atoms with Gasteiger partial charge in [-0.3, -0.25) is 0 Å². The van der Waals surface area contributed by atoms with Crippen molar-refractivity contribution in [3.8, 4) is 0 Å². The van der Waals surface area contributed by atoms with Crippen molar-refractivity contribution in [1.29, 1.82) is 0 Å². The van der Waals surface area contributed by atoms with Crippen molar-refractivity contribution in [3.63, 3.8) is 0 Å². The maximum atomic E-state index is 13.2. The molecule has 0 radical (unpaired) electrons. The number of ether oxygens (including phenoxy) is 3. The molecule has 0 saturated heterocycles. The molecule has 3 aromatic rings. The fourth-order valence-corrected chi connectivity index (χ4v) is 9.02. The van der Waals surface area contributed by atoms with Gasteiger partial charge in [-0.05, 0) is 21.0 Å². The van der Waals surface area contributed by atoms with Crippen LogP contribution in [0, 0.1) is 0 Å². The highest BCUT2D eigenvalue weighted by atomic mass is 28.4. The molecule has 0 heterocycles. The van der Waals surface area contributed by atoms with E-state index in [9.17, 15) is 9.59 Å². The van der Waals surface area contributed by atoms with Gasteiger partial charge in [0.05, 0.1) is 27.4 Å². The number of hydrogen-bond acceptors (Lipinski definition) is 6. The summed E-state index contributed by atoms with van der Waals surface area (Å²) in [5, 5.41) is 1.65. The van der Waals surface area contributed by atoms with Crippen molar-refractivity contribution in [2.45, 2.75) is 38.0 Å². The van der Waals surface area contributed by atoms with Gasteiger partial charge in [-0.2, -0.15) is 0 Å². The smallest absolute Gasteiger partial charge is 0.352 e. The van der Waals surface area contributed by atoms with Crippen LogP contribution in [-0.2, 0) is 34.8 Å². The predicted molar refractivity (Wildman–Crippen MR) is 142 cm³/mol. The van der Waals surface area contributed by atoms with Gasteiger partial charge in [-0.1, -0.05) is 112 Å². The van der Waals surface area contributed by atoms with Crippen LogP contribution in [0.1, 0.15) is 26.3 Å². The van der Waals surface area contributed by atoms with E-state index in [0.717, 1.165) is 15.9 Å². The molecule has 0 aliphatic rings. The minimum atomic E-state index is -3.08. The molecule has 0 unspecified atom stereocenters. The molecule has 0 atom stereocenters. The minimum Gasteiger partial charge on any atom is -0.466 e. The molecule has 0 N–H and O–H groups in total. The van der Waals surface area contributed by atoms with E-state index in [2.05, 4.69) is 20.8 Å². The summed E-state index contributed by atoms with van der Waals surface area (Å²) in [4.78, 5) is 26.4. The van der Waals surface area contributed by atoms with Crippen LogP contribution < -0.4 is 10.4 Å². The minimum absolute atomic E-state index is 0.00481. The highest BCUT2D eigenvalue weighted by Gasteiger charge is 2.56. The number of carbonyl (C=O) groups excluding carboxylic acids is 2. The Kier molecular flexibility index (Phi) is 8.84. The third-order valence-corrected chi connectivity index (χ3v) is 11.2. The van der Waals surface area contributed by atoms with Gasteiger partial charge in [-0.15, -0.1) is 0 Å².